The highest BCUT2D eigenvalue weighted by molar-refractivity contribution is 7.88. The summed E-state index contributed by atoms with van der Waals surface area (Å²) in [5, 5.41) is 22.6. The van der Waals surface area contributed by atoms with Gasteiger partial charge in [0.2, 0.25) is 10.0 Å². The first kappa shape index (κ1) is 36.5. The summed E-state index contributed by atoms with van der Waals surface area (Å²) in [4.78, 5) is 22.5. The van der Waals surface area contributed by atoms with Crippen LogP contribution in [-0.4, -0.2) is 35.5 Å². The molecule has 11 heteroatoms. The number of aryl methyl sites for hydroxylation is 3. The fourth-order valence-electron chi connectivity index (χ4n) is 6.91. The number of sulfonamides is 1. The van der Waals surface area contributed by atoms with Gasteiger partial charge >= 0.3 is 5.97 Å². The van der Waals surface area contributed by atoms with Crippen molar-refractivity contribution in [1.82, 2.24) is 9.29 Å². The predicted molar refractivity (Wildman–Crippen MR) is 205 cm³/mol. The van der Waals surface area contributed by atoms with Crippen LogP contribution in [0.25, 0.3) is 10.9 Å². The van der Waals surface area contributed by atoms with Gasteiger partial charge in [0.25, 0.3) is 5.69 Å². The molecule has 5 aromatic carbocycles. The maximum atomic E-state index is 13.5. The second-order valence-corrected chi connectivity index (χ2v) is 15.0. The van der Waals surface area contributed by atoms with Gasteiger partial charge < -0.3 is 9.67 Å². The summed E-state index contributed by atoms with van der Waals surface area (Å²) < 4.78 is 32.0. The second kappa shape index (κ2) is 15.9. The van der Waals surface area contributed by atoms with Crippen LogP contribution in [0, 0.1) is 17.0 Å². The van der Waals surface area contributed by atoms with Crippen molar-refractivity contribution in [2.24, 2.45) is 0 Å². The normalized spacial score (nSPS) is 11.7. The van der Waals surface area contributed by atoms with E-state index >= 15 is 0 Å². The molecule has 0 aliphatic heterocycles. The van der Waals surface area contributed by atoms with Crippen LogP contribution in [0.5, 0.6) is 0 Å². The molecule has 0 amide bonds. The van der Waals surface area contributed by atoms with Crippen LogP contribution in [0.15, 0.2) is 121 Å². The van der Waals surface area contributed by atoms with Crippen LogP contribution >= 0.6 is 11.6 Å². The molecule has 2 N–H and O–H groups in total. The monoisotopic (exact) mass is 735 g/mol. The number of aromatic nitrogens is 1. The number of nitrogens with zero attached hydrogens (tertiary/aromatic N) is 2. The second-order valence-electron chi connectivity index (χ2n) is 12.8. The van der Waals surface area contributed by atoms with E-state index in [0.717, 1.165) is 45.3 Å². The Morgan fingerprint density at radius 1 is 0.846 bits per heavy atom. The number of halogens is 1. The number of hydrogen-bond donors (Lipinski definition) is 2. The zero-order chi connectivity index (χ0) is 36.8. The van der Waals surface area contributed by atoms with Crippen molar-refractivity contribution in [2.45, 2.75) is 44.4 Å². The zero-order valence-electron chi connectivity index (χ0n) is 28.5. The van der Waals surface area contributed by atoms with Gasteiger partial charge in [-0.3, -0.25) is 10.1 Å². The Morgan fingerprint density at radius 3 is 2.12 bits per heavy atom. The quantitative estimate of drug-likeness (QED) is 0.0802. The summed E-state index contributed by atoms with van der Waals surface area (Å²) >= 11 is 6.63. The van der Waals surface area contributed by atoms with E-state index in [-0.39, 0.29) is 29.4 Å². The Kier molecular flexibility index (Phi) is 11.2. The third-order valence-electron chi connectivity index (χ3n) is 9.36. The molecule has 9 nitrogen and oxygen atoms in total. The lowest BCUT2D eigenvalue weighted by atomic mass is 9.97. The van der Waals surface area contributed by atoms with Gasteiger partial charge in [-0.05, 0) is 84.3 Å². The first-order valence-electron chi connectivity index (χ1n) is 17.0. The molecule has 6 rings (SSSR count). The Labute approximate surface area is 307 Å². The van der Waals surface area contributed by atoms with Crippen LogP contribution in [-0.2, 0) is 35.0 Å². The number of nitro benzene ring substituents is 1. The van der Waals surface area contributed by atoms with Crippen molar-refractivity contribution in [3.8, 4) is 0 Å². The zero-order valence-corrected chi connectivity index (χ0v) is 30.1. The number of fused-ring (bicyclic) bond motifs is 1. The van der Waals surface area contributed by atoms with Gasteiger partial charge in [0.15, 0.2) is 0 Å². The van der Waals surface area contributed by atoms with E-state index in [1.54, 1.807) is 31.2 Å². The molecule has 1 heterocycles. The standard InChI is InChI=1S/C41H38ClN3O6S/c1-28-10-8-17-39(45(48)49)36(28)27-52(50,51)43-25-24-38-34(16-9-11-29-18-20-32(21-19-29)41(46)47)35-26-33(42)22-23-37(35)44(38)40(30-12-4-2-5-13-30)31-14-6-3-7-15-31/h2-8,10,12-15,17-23,26,40,43H,9,11,16,24-25,27H2,1H3,(H,46,47). The molecule has 1 aromatic heterocycles. The third kappa shape index (κ3) is 8.26. The van der Waals surface area contributed by atoms with Crippen molar-refractivity contribution in [3.05, 3.63) is 181 Å². The van der Waals surface area contributed by atoms with E-state index in [1.807, 2.05) is 66.7 Å². The Hall–Kier alpha value is -5.29. The van der Waals surface area contributed by atoms with Gasteiger partial charge in [0.1, 0.15) is 0 Å². The number of carboxylic acid groups (broad SMARTS) is 1. The van der Waals surface area contributed by atoms with Crippen LogP contribution in [0.1, 0.15) is 61.9 Å². The van der Waals surface area contributed by atoms with Crippen LogP contribution < -0.4 is 4.72 Å². The van der Waals surface area contributed by atoms with Gasteiger partial charge in [0, 0.05) is 46.2 Å². The molecule has 0 spiro atoms. The Morgan fingerprint density at radius 2 is 1.50 bits per heavy atom. The molecular weight excluding hydrogens is 698 g/mol. The van der Waals surface area contributed by atoms with E-state index < -0.39 is 26.7 Å². The van der Waals surface area contributed by atoms with Crippen LogP contribution in [0.4, 0.5) is 5.69 Å². The van der Waals surface area contributed by atoms with Gasteiger partial charge in [-0.25, -0.2) is 17.9 Å². The first-order chi connectivity index (χ1) is 25.0. The van der Waals surface area contributed by atoms with Gasteiger partial charge in [0.05, 0.1) is 22.3 Å². The molecule has 6 aromatic rings. The Bertz CT molecular complexity index is 2290. The van der Waals surface area contributed by atoms with Crippen molar-refractivity contribution in [3.63, 3.8) is 0 Å². The van der Waals surface area contributed by atoms with Gasteiger partial charge in [-0.1, -0.05) is 96.5 Å². The number of hydrogen-bond acceptors (Lipinski definition) is 5. The molecule has 0 fully saturated rings. The summed E-state index contributed by atoms with van der Waals surface area (Å²) in [6, 6.07) is 37.3. The molecule has 52 heavy (non-hydrogen) atoms. The van der Waals surface area contributed by atoms with Crippen LogP contribution in [0.3, 0.4) is 0 Å². The first-order valence-corrected chi connectivity index (χ1v) is 19.0. The molecule has 0 atom stereocenters. The lowest BCUT2D eigenvalue weighted by Gasteiger charge is -2.25. The van der Waals surface area contributed by atoms with Crippen molar-refractivity contribution < 1.29 is 23.2 Å². The number of benzene rings is 5. The molecular formula is C41H38ClN3O6S. The Balaban J connectivity index is 1.40. The number of carboxylic acids is 1. The van der Waals surface area contributed by atoms with E-state index in [4.69, 9.17) is 11.6 Å². The minimum atomic E-state index is -3.96. The van der Waals surface area contributed by atoms with Gasteiger partial charge in [-0.2, -0.15) is 0 Å². The molecule has 0 saturated carbocycles. The van der Waals surface area contributed by atoms with Crippen molar-refractivity contribution >= 4 is 44.2 Å². The van der Waals surface area contributed by atoms with E-state index in [9.17, 15) is 28.4 Å². The molecule has 266 valence electrons. The fourth-order valence-corrected chi connectivity index (χ4v) is 8.35. The third-order valence-corrected chi connectivity index (χ3v) is 10.9. The van der Waals surface area contributed by atoms with Crippen LogP contribution in [0.2, 0.25) is 5.02 Å². The summed E-state index contributed by atoms with van der Waals surface area (Å²) in [7, 11) is -3.96. The molecule has 0 saturated heterocycles. The minimum absolute atomic E-state index is 0.0615. The number of nitro groups is 1. The van der Waals surface area contributed by atoms with Gasteiger partial charge in [-0.15, -0.1) is 0 Å². The van der Waals surface area contributed by atoms with E-state index in [1.165, 1.54) is 6.07 Å². The highest BCUT2D eigenvalue weighted by atomic mass is 35.5. The number of aromatic carboxylic acids is 1. The molecule has 0 aliphatic carbocycles. The topological polar surface area (TPSA) is 132 Å². The lowest BCUT2D eigenvalue weighted by molar-refractivity contribution is -0.385. The average molecular weight is 736 g/mol. The summed E-state index contributed by atoms with van der Waals surface area (Å²) in [5.74, 6) is -1.49. The lowest BCUT2D eigenvalue weighted by Crippen LogP contribution is -2.29. The number of nitrogens with one attached hydrogen (secondary N) is 1. The van der Waals surface area contributed by atoms with E-state index in [0.29, 0.717) is 29.8 Å². The smallest absolute Gasteiger partial charge is 0.335 e. The maximum Gasteiger partial charge on any atom is 0.335 e. The molecule has 0 radical (unpaired) electrons. The highest BCUT2D eigenvalue weighted by Gasteiger charge is 2.27. The SMILES string of the molecule is Cc1cccc([N+](=O)[O-])c1CS(=O)(=O)NCCc1c(CCCc2ccc(C(=O)O)cc2)c2cc(Cl)ccc2n1C(c1ccccc1)c1ccccc1. The van der Waals surface area contributed by atoms with E-state index in [2.05, 4.69) is 33.6 Å². The number of rotatable bonds is 15. The molecule has 0 unspecified atom stereocenters. The number of carbonyl (C=O) groups is 1. The summed E-state index contributed by atoms with van der Waals surface area (Å²) in [5.41, 5.74) is 6.77. The molecule has 0 bridgehead atoms. The maximum absolute atomic E-state index is 13.5. The predicted octanol–water partition coefficient (Wildman–Crippen LogP) is 8.68. The van der Waals surface area contributed by atoms with Crippen molar-refractivity contribution in [1.29, 1.82) is 0 Å². The minimum Gasteiger partial charge on any atom is -0.478 e. The average Bonchev–Trinajstić information content (AvgIpc) is 3.41. The highest BCUT2D eigenvalue weighted by Crippen LogP contribution is 2.38. The molecule has 0 aliphatic rings. The largest absolute Gasteiger partial charge is 0.478 e. The summed E-state index contributed by atoms with van der Waals surface area (Å²) in [6.07, 6.45) is 2.43. The fraction of sp³-hybridized carbons (Fsp3) is 0.195. The van der Waals surface area contributed by atoms with Crippen molar-refractivity contribution in [2.75, 3.05) is 6.54 Å². The summed E-state index contributed by atoms with van der Waals surface area (Å²) in [6.45, 7) is 1.73.